The molecule has 0 radical (unpaired) electrons. The van der Waals surface area contributed by atoms with Crippen molar-refractivity contribution in [1.29, 1.82) is 0 Å². The molecular formula is C13H14F3N3O4. The van der Waals surface area contributed by atoms with Crippen molar-refractivity contribution in [3.05, 3.63) is 35.4 Å². The number of carbonyl (C=O) groups excluding carboxylic acids is 2. The van der Waals surface area contributed by atoms with Gasteiger partial charge >= 0.3 is 12.3 Å². The minimum Gasteiger partial charge on any atom is -0.465 e. The van der Waals surface area contributed by atoms with Crippen molar-refractivity contribution in [2.24, 2.45) is 5.73 Å². The van der Waals surface area contributed by atoms with E-state index in [4.69, 9.17) is 10.8 Å². The quantitative estimate of drug-likeness (QED) is 0.620. The van der Waals surface area contributed by atoms with Gasteiger partial charge in [-0.05, 0) is 17.7 Å². The van der Waals surface area contributed by atoms with Crippen molar-refractivity contribution in [1.82, 2.24) is 10.6 Å². The number of alkyl halides is 3. The highest BCUT2D eigenvalue weighted by Crippen LogP contribution is 2.30. The molecule has 23 heavy (non-hydrogen) atoms. The van der Waals surface area contributed by atoms with Gasteiger partial charge in [0.25, 0.3) is 0 Å². The lowest BCUT2D eigenvalue weighted by Crippen LogP contribution is -2.40. The predicted molar refractivity (Wildman–Crippen MR) is 72.2 cm³/mol. The van der Waals surface area contributed by atoms with Crippen molar-refractivity contribution in [2.75, 3.05) is 6.54 Å². The molecule has 0 aliphatic heterocycles. The molecule has 5 N–H and O–H groups in total. The van der Waals surface area contributed by atoms with E-state index in [9.17, 15) is 27.6 Å². The van der Waals surface area contributed by atoms with E-state index in [0.717, 1.165) is 12.1 Å². The van der Waals surface area contributed by atoms with Gasteiger partial charge < -0.3 is 21.5 Å². The summed E-state index contributed by atoms with van der Waals surface area (Å²) in [6.07, 6.45) is -6.40. The molecule has 0 spiro atoms. The normalized spacial score (nSPS) is 12.3. The number of hydrogen-bond donors (Lipinski definition) is 4. The molecule has 0 saturated heterocycles. The molecule has 0 saturated carbocycles. The van der Waals surface area contributed by atoms with Crippen LogP contribution in [0.15, 0.2) is 24.3 Å². The van der Waals surface area contributed by atoms with E-state index in [2.05, 4.69) is 5.32 Å². The number of hydrogen-bond acceptors (Lipinski definition) is 3. The summed E-state index contributed by atoms with van der Waals surface area (Å²) in [7, 11) is 0. The summed E-state index contributed by atoms with van der Waals surface area (Å²) in [4.78, 5) is 33.3. The fraction of sp³-hybridized carbons (Fsp3) is 0.308. The predicted octanol–water partition coefficient (Wildman–Crippen LogP) is 1.01. The van der Waals surface area contributed by atoms with Crippen LogP contribution < -0.4 is 16.4 Å². The van der Waals surface area contributed by atoms with Gasteiger partial charge in [0.2, 0.25) is 11.8 Å². The summed E-state index contributed by atoms with van der Waals surface area (Å²) in [5, 5.41) is 12.8. The molecule has 126 valence electrons. The molecule has 1 aromatic carbocycles. The average molecular weight is 333 g/mol. The lowest BCUT2D eigenvalue weighted by atomic mass is 10.0. The Morgan fingerprint density at radius 2 is 1.91 bits per heavy atom. The fourth-order valence-corrected chi connectivity index (χ4v) is 1.73. The van der Waals surface area contributed by atoms with E-state index in [0.29, 0.717) is 6.07 Å². The van der Waals surface area contributed by atoms with Gasteiger partial charge in [0.05, 0.1) is 5.56 Å². The summed E-state index contributed by atoms with van der Waals surface area (Å²) in [5.74, 6) is -1.58. The van der Waals surface area contributed by atoms with Crippen molar-refractivity contribution in [3.8, 4) is 0 Å². The standard InChI is InChI=1S/C13H14F3N3O4/c14-13(15,16)8-3-1-2-7(6-8)10(19-12(22)23)11(21)18-5-4-9(17)20/h1-3,6,10,19H,4-5H2,(H2,17,20)(H,18,21)(H,22,23). The Bertz CT molecular complexity index is 604. The first-order valence-corrected chi connectivity index (χ1v) is 6.34. The van der Waals surface area contributed by atoms with Crippen LogP contribution in [-0.2, 0) is 15.8 Å². The summed E-state index contributed by atoms with van der Waals surface area (Å²) in [6, 6.07) is 2.16. The van der Waals surface area contributed by atoms with Gasteiger partial charge in [-0.3, -0.25) is 9.59 Å². The largest absolute Gasteiger partial charge is 0.465 e. The maximum Gasteiger partial charge on any atom is 0.416 e. The second-order valence-electron chi connectivity index (χ2n) is 4.51. The van der Waals surface area contributed by atoms with Crippen LogP contribution in [0.3, 0.4) is 0 Å². The van der Waals surface area contributed by atoms with Gasteiger partial charge in [-0.2, -0.15) is 13.2 Å². The van der Waals surface area contributed by atoms with Crippen molar-refractivity contribution < 1.29 is 32.7 Å². The Morgan fingerprint density at radius 1 is 1.26 bits per heavy atom. The Hall–Kier alpha value is -2.78. The lowest BCUT2D eigenvalue weighted by molar-refractivity contribution is -0.137. The Morgan fingerprint density at radius 3 is 2.43 bits per heavy atom. The molecule has 0 fully saturated rings. The zero-order valence-electron chi connectivity index (χ0n) is 11.7. The number of carbonyl (C=O) groups is 3. The molecule has 0 aliphatic rings. The van der Waals surface area contributed by atoms with Gasteiger partial charge in [-0.25, -0.2) is 4.79 Å². The monoisotopic (exact) mass is 333 g/mol. The summed E-state index contributed by atoms with van der Waals surface area (Å²) in [6.45, 7) is -0.162. The van der Waals surface area contributed by atoms with E-state index in [-0.39, 0.29) is 18.5 Å². The van der Waals surface area contributed by atoms with Crippen LogP contribution >= 0.6 is 0 Å². The molecule has 1 unspecified atom stereocenters. The van der Waals surface area contributed by atoms with Crippen molar-refractivity contribution in [2.45, 2.75) is 18.6 Å². The van der Waals surface area contributed by atoms with E-state index >= 15 is 0 Å². The first-order valence-electron chi connectivity index (χ1n) is 6.34. The molecule has 0 aromatic heterocycles. The SMILES string of the molecule is NC(=O)CCNC(=O)C(NC(=O)O)c1cccc(C(F)(F)F)c1. The Kier molecular flexibility index (Phi) is 5.94. The Balaban J connectivity index is 2.99. The molecule has 1 rings (SSSR count). The molecular weight excluding hydrogens is 319 g/mol. The fourth-order valence-electron chi connectivity index (χ4n) is 1.73. The minimum absolute atomic E-state index is 0.162. The van der Waals surface area contributed by atoms with Gasteiger partial charge in [0.15, 0.2) is 0 Å². The average Bonchev–Trinajstić information content (AvgIpc) is 2.43. The number of primary amides is 1. The molecule has 0 bridgehead atoms. The number of nitrogens with one attached hydrogen (secondary N) is 2. The number of nitrogens with two attached hydrogens (primary N) is 1. The van der Waals surface area contributed by atoms with Crippen molar-refractivity contribution in [3.63, 3.8) is 0 Å². The maximum atomic E-state index is 12.7. The minimum atomic E-state index is -4.63. The topological polar surface area (TPSA) is 122 Å². The van der Waals surface area contributed by atoms with Crippen LogP contribution in [0.1, 0.15) is 23.6 Å². The highest BCUT2D eigenvalue weighted by molar-refractivity contribution is 5.87. The summed E-state index contributed by atoms with van der Waals surface area (Å²) < 4.78 is 38.1. The van der Waals surface area contributed by atoms with E-state index in [1.807, 2.05) is 5.32 Å². The second kappa shape index (κ2) is 7.47. The molecule has 10 heteroatoms. The van der Waals surface area contributed by atoms with Gasteiger partial charge in [-0.15, -0.1) is 0 Å². The third-order valence-corrected chi connectivity index (χ3v) is 2.75. The van der Waals surface area contributed by atoms with Crippen LogP contribution in [0, 0.1) is 0 Å². The van der Waals surface area contributed by atoms with Crippen LogP contribution in [0.25, 0.3) is 0 Å². The number of rotatable bonds is 6. The first-order chi connectivity index (χ1) is 10.6. The zero-order chi connectivity index (χ0) is 17.6. The third kappa shape index (κ3) is 5.85. The molecule has 1 atom stereocenters. The molecule has 3 amide bonds. The first kappa shape index (κ1) is 18.3. The Labute approximate surface area is 128 Å². The van der Waals surface area contributed by atoms with Gasteiger partial charge in [0.1, 0.15) is 6.04 Å². The second-order valence-corrected chi connectivity index (χ2v) is 4.51. The van der Waals surface area contributed by atoms with E-state index in [1.54, 1.807) is 0 Å². The van der Waals surface area contributed by atoms with E-state index < -0.39 is 35.7 Å². The van der Waals surface area contributed by atoms with Crippen LogP contribution in [0.5, 0.6) is 0 Å². The van der Waals surface area contributed by atoms with E-state index in [1.165, 1.54) is 6.07 Å². The van der Waals surface area contributed by atoms with Crippen LogP contribution in [-0.4, -0.2) is 29.6 Å². The molecule has 0 aliphatic carbocycles. The van der Waals surface area contributed by atoms with Crippen LogP contribution in [0.4, 0.5) is 18.0 Å². The van der Waals surface area contributed by atoms with Gasteiger partial charge in [-0.1, -0.05) is 12.1 Å². The number of carboxylic acid groups (broad SMARTS) is 1. The van der Waals surface area contributed by atoms with Crippen molar-refractivity contribution >= 4 is 17.9 Å². The number of amides is 3. The summed E-state index contributed by atoms with van der Waals surface area (Å²) >= 11 is 0. The highest BCUT2D eigenvalue weighted by Gasteiger charge is 2.32. The molecule has 7 nitrogen and oxygen atoms in total. The van der Waals surface area contributed by atoms with Crippen LogP contribution in [0.2, 0.25) is 0 Å². The summed E-state index contributed by atoms with van der Waals surface area (Å²) in [5.41, 5.74) is 3.69. The molecule has 1 aromatic rings. The zero-order valence-corrected chi connectivity index (χ0v) is 11.7. The third-order valence-electron chi connectivity index (χ3n) is 2.75. The smallest absolute Gasteiger partial charge is 0.416 e. The highest BCUT2D eigenvalue weighted by atomic mass is 19.4. The lowest BCUT2D eigenvalue weighted by Gasteiger charge is -2.18. The van der Waals surface area contributed by atoms with Gasteiger partial charge in [0, 0.05) is 13.0 Å². The number of benzene rings is 1. The maximum absolute atomic E-state index is 12.7. The number of halogens is 3. The molecule has 0 heterocycles.